The second kappa shape index (κ2) is 12.1. The van der Waals surface area contributed by atoms with E-state index in [-0.39, 0.29) is 35.6 Å². The fraction of sp³-hybridized carbons (Fsp3) is 0.379. The van der Waals surface area contributed by atoms with Crippen molar-refractivity contribution in [1.82, 2.24) is 15.1 Å². The van der Waals surface area contributed by atoms with Crippen molar-refractivity contribution in [3.05, 3.63) is 87.5 Å². The van der Waals surface area contributed by atoms with Crippen LogP contribution in [0, 0.1) is 6.92 Å². The number of hydrogen-bond donors (Lipinski definition) is 3. The van der Waals surface area contributed by atoms with Gasteiger partial charge >= 0.3 is 0 Å². The highest BCUT2D eigenvalue weighted by Gasteiger charge is 2.28. The average Bonchev–Trinajstić information content (AvgIpc) is 2.91. The van der Waals surface area contributed by atoms with E-state index in [0.717, 1.165) is 31.7 Å². The highest BCUT2D eigenvalue weighted by atomic mass is 16.5. The molecular formula is C29H35N3O6. The molecule has 1 fully saturated rings. The van der Waals surface area contributed by atoms with Gasteiger partial charge in [-0.25, -0.2) is 0 Å². The molecule has 0 radical (unpaired) electrons. The predicted molar refractivity (Wildman–Crippen MR) is 144 cm³/mol. The summed E-state index contributed by atoms with van der Waals surface area (Å²) in [4.78, 5) is 30.4. The summed E-state index contributed by atoms with van der Waals surface area (Å²) in [7, 11) is 3.53. The Balaban J connectivity index is 1.59. The minimum atomic E-state index is -0.782. The van der Waals surface area contributed by atoms with Crippen molar-refractivity contribution in [2.24, 2.45) is 0 Å². The number of likely N-dealkylation sites (N-methyl/N-ethyl adjacent to an activating group) is 1. The zero-order chi connectivity index (χ0) is 27.2. The van der Waals surface area contributed by atoms with Crippen LogP contribution in [-0.2, 0) is 4.79 Å². The number of methoxy groups -OCH3 is 1. The van der Waals surface area contributed by atoms with Crippen molar-refractivity contribution in [3.63, 3.8) is 0 Å². The Hall–Kier alpha value is -3.82. The molecule has 0 spiro atoms. The average molecular weight is 522 g/mol. The maximum Gasteiger partial charge on any atom is 0.227 e. The third-order valence-electron chi connectivity index (χ3n) is 7.04. The van der Waals surface area contributed by atoms with Gasteiger partial charge in [-0.1, -0.05) is 36.4 Å². The first-order chi connectivity index (χ1) is 18.3. The Kier molecular flexibility index (Phi) is 8.70. The summed E-state index contributed by atoms with van der Waals surface area (Å²) in [5, 5.41) is 23.7. The number of phenolic OH excluding ortho intramolecular Hbond substituents is 1. The molecule has 2 aromatic carbocycles. The molecule has 38 heavy (non-hydrogen) atoms. The van der Waals surface area contributed by atoms with Crippen LogP contribution in [0.4, 0.5) is 0 Å². The number of carbonyl (C=O) groups excluding carboxylic acids is 1. The number of benzene rings is 2. The largest absolute Gasteiger partial charge is 0.504 e. The van der Waals surface area contributed by atoms with Crippen LogP contribution >= 0.6 is 0 Å². The zero-order valence-electron chi connectivity index (χ0n) is 22.0. The molecule has 9 nitrogen and oxygen atoms in total. The highest BCUT2D eigenvalue weighted by molar-refractivity contribution is 5.77. The van der Waals surface area contributed by atoms with E-state index in [0.29, 0.717) is 17.9 Å². The number of aryl methyl sites for hydroxylation is 1. The van der Waals surface area contributed by atoms with Crippen LogP contribution in [0.2, 0.25) is 0 Å². The van der Waals surface area contributed by atoms with E-state index < -0.39 is 17.1 Å². The number of phenols is 1. The summed E-state index contributed by atoms with van der Waals surface area (Å²) in [6, 6.07) is 16.0. The lowest BCUT2D eigenvalue weighted by atomic mass is 9.91. The molecule has 0 bridgehead atoms. The van der Waals surface area contributed by atoms with Gasteiger partial charge in [0.2, 0.25) is 17.1 Å². The van der Waals surface area contributed by atoms with Crippen LogP contribution < -0.4 is 15.5 Å². The Morgan fingerprint density at radius 1 is 1.05 bits per heavy atom. The molecule has 0 aliphatic carbocycles. The smallest absolute Gasteiger partial charge is 0.227 e. The van der Waals surface area contributed by atoms with Gasteiger partial charge in [0.25, 0.3) is 0 Å². The lowest BCUT2D eigenvalue weighted by Gasteiger charge is -2.38. The molecule has 1 aliphatic heterocycles. The van der Waals surface area contributed by atoms with E-state index in [4.69, 9.17) is 9.15 Å². The molecule has 0 saturated carbocycles. The second-order valence-corrected chi connectivity index (χ2v) is 9.69. The van der Waals surface area contributed by atoms with E-state index in [2.05, 4.69) is 34.3 Å². The lowest BCUT2D eigenvalue weighted by molar-refractivity contribution is -0.121. The summed E-state index contributed by atoms with van der Waals surface area (Å²) < 4.78 is 11.0. The Bertz CT molecular complexity index is 1300. The highest BCUT2D eigenvalue weighted by Crippen LogP contribution is 2.37. The van der Waals surface area contributed by atoms with Crippen molar-refractivity contribution >= 4 is 5.91 Å². The molecule has 1 amide bonds. The van der Waals surface area contributed by atoms with Crippen molar-refractivity contribution < 1.29 is 24.2 Å². The van der Waals surface area contributed by atoms with Gasteiger partial charge in [0, 0.05) is 45.2 Å². The lowest BCUT2D eigenvalue weighted by Crippen LogP contribution is -2.48. The van der Waals surface area contributed by atoms with E-state index in [1.165, 1.54) is 19.2 Å². The van der Waals surface area contributed by atoms with Gasteiger partial charge in [-0.15, -0.1) is 0 Å². The maximum absolute atomic E-state index is 13.4. The third kappa shape index (κ3) is 6.35. The van der Waals surface area contributed by atoms with Crippen molar-refractivity contribution in [2.75, 3.05) is 46.9 Å². The summed E-state index contributed by atoms with van der Waals surface area (Å²) in [6.07, 6.45) is -0.0852. The number of ether oxygens (including phenoxy) is 1. The van der Waals surface area contributed by atoms with Gasteiger partial charge in [0.1, 0.15) is 5.76 Å². The Labute approximate surface area is 222 Å². The van der Waals surface area contributed by atoms with Crippen LogP contribution in [-0.4, -0.2) is 72.8 Å². The normalized spacial score (nSPS) is 16.1. The van der Waals surface area contributed by atoms with Crippen LogP contribution in [0.1, 0.15) is 41.0 Å². The SMILES string of the molecule is COc1cc([C@H](CC(=O)NC[C@H](c2ccccc2)N2CCN(C)CC2)c2oc(C)cc(=O)c2O)ccc1O. The molecule has 9 heteroatoms. The fourth-order valence-corrected chi connectivity index (χ4v) is 4.87. The topological polar surface area (TPSA) is 115 Å². The van der Waals surface area contributed by atoms with E-state index in [1.54, 1.807) is 19.1 Å². The maximum atomic E-state index is 13.4. The summed E-state index contributed by atoms with van der Waals surface area (Å²) in [5.74, 6) is -1.12. The molecular weight excluding hydrogens is 486 g/mol. The van der Waals surface area contributed by atoms with E-state index >= 15 is 0 Å². The number of piperazine rings is 1. The van der Waals surface area contributed by atoms with Gasteiger partial charge < -0.3 is 29.6 Å². The van der Waals surface area contributed by atoms with E-state index in [9.17, 15) is 19.8 Å². The molecule has 2 heterocycles. The molecule has 1 saturated heterocycles. The summed E-state index contributed by atoms with van der Waals surface area (Å²) >= 11 is 0. The monoisotopic (exact) mass is 521 g/mol. The number of hydrogen-bond acceptors (Lipinski definition) is 8. The standard InChI is InChI=1S/C29H35N3O6/c1-19-15-25(34)28(36)29(38-19)22(21-9-10-24(33)26(16-21)37-3)17-27(35)30-18-23(20-7-5-4-6-8-20)32-13-11-31(2)12-14-32/h4-10,15-16,22-23,33,36H,11-14,17-18H2,1-3H3,(H,30,35)/t22-,23+/m0/s1. The quantitative estimate of drug-likeness (QED) is 0.394. The van der Waals surface area contributed by atoms with Gasteiger partial charge in [-0.05, 0) is 37.2 Å². The summed E-state index contributed by atoms with van der Waals surface area (Å²) in [6.45, 7) is 5.71. The second-order valence-electron chi connectivity index (χ2n) is 9.69. The molecule has 3 aromatic rings. The van der Waals surface area contributed by atoms with Crippen molar-refractivity contribution in [2.45, 2.75) is 25.3 Å². The minimum absolute atomic E-state index is 0.00318. The molecule has 0 unspecified atom stereocenters. The Morgan fingerprint density at radius 2 is 1.76 bits per heavy atom. The van der Waals surface area contributed by atoms with Crippen LogP contribution in [0.25, 0.3) is 0 Å². The molecule has 4 rings (SSSR count). The number of rotatable bonds is 9. The Morgan fingerprint density at radius 3 is 2.45 bits per heavy atom. The molecule has 3 N–H and O–H groups in total. The first-order valence-electron chi connectivity index (χ1n) is 12.7. The van der Waals surface area contributed by atoms with Gasteiger partial charge in [0.15, 0.2) is 17.3 Å². The third-order valence-corrected chi connectivity index (χ3v) is 7.04. The predicted octanol–water partition coefficient (Wildman–Crippen LogP) is 2.99. The van der Waals surface area contributed by atoms with Crippen molar-refractivity contribution in [3.8, 4) is 17.2 Å². The van der Waals surface area contributed by atoms with Gasteiger partial charge in [-0.3, -0.25) is 14.5 Å². The number of aromatic hydroxyl groups is 2. The number of amides is 1. The van der Waals surface area contributed by atoms with Gasteiger partial charge in [-0.2, -0.15) is 0 Å². The number of carbonyl (C=O) groups is 1. The molecule has 1 aromatic heterocycles. The van der Waals surface area contributed by atoms with Crippen LogP contribution in [0.15, 0.2) is 63.8 Å². The summed E-state index contributed by atoms with van der Waals surface area (Å²) in [5.41, 5.74) is 1.09. The zero-order valence-corrected chi connectivity index (χ0v) is 22.0. The molecule has 1 aliphatic rings. The molecule has 202 valence electrons. The van der Waals surface area contributed by atoms with Gasteiger partial charge in [0.05, 0.1) is 19.1 Å². The first-order valence-corrected chi connectivity index (χ1v) is 12.7. The molecule has 2 atom stereocenters. The van der Waals surface area contributed by atoms with Crippen LogP contribution in [0.5, 0.6) is 17.2 Å². The first kappa shape index (κ1) is 27.2. The van der Waals surface area contributed by atoms with Crippen LogP contribution in [0.3, 0.4) is 0 Å². The van der Waals surface area contributed by atoms with Crippen molar-refractivity contribution in [1.29, 1.82) is 0 Å². The number of nitrogens with zero attached hydrogens (tertiary/aromatic N) is 2. The number of nitrogens with one attached hydrogen (secondary N) is 1. The van der Waals surface area contributed by atoms with E-state index in [1.807, 2.05) is 18.2 Å². The fourth-order valence-electron chi connectivity index (χ4n) is 4.87. The minimum Gasteiger partial charge on any atom is -0.504 e.